The third-order valence-electron chi connectivity index (χ3n) is 1.56. The van der Waals surface area contributed by atoms with Gasteiger partial charge in [0.2, 0.25) is 0 Å². The number of halogens is 1. The maximum atomic E-state index is 13.0. The van der Waals surface area contributed by atoms with Crippen LogP contribution in [0.2, 0.25) is 0 Å². The van der Waals surface area contributed by atoms with E-state index in [1.165, 1.54) is 6.26 Å². The highest BCUT2D eigenvalue weighted by Crippen LogP contribution is 2.26. The molecule has 76 valence electrons. The van der Waals surface area contributed by atoms with Crippen molar-refractivity contribution in [1.29, 1.82) is 5.26 Å². The van der Waals surface area contributed by atoms with Gasteiger partial charge in [0.15, 0.2) is 17.9 Å². The van der Waals surface area contributed by atoms with E-state index >= 15 is 0 Å². The number of hydrogen-bond acceptors (Lipinski definition) is 5. The lowest BCUT2D eigenvalue weighted by molar-refractivity contribution is -0.385. The molecule has 0 aliphatic rings. The van der Waals surface area contributed by atoms with Gasteiger partial charge in [-0.3, -0.25) is 14.9 Å². The molecule has 0 spiro atoms. The largest absolute Gasteiger partial charge is 0.385 e. The summed E-state index contributed by atoms with van der Waals surface area (Å²) < 4.78 is 17.2. The first-order chi connectivity index (χ1) is 7.10. The van der Waals surface area contributed by atoms with Gasteiger partial charge in [0.1, 0.15) is 0 Å². The molecule has 6 nitrogen and oxygen atoms in total. The van der Waals surface area contributed by atoms with Crippen molar-refractivity contribution in [1.82, 2.24) is 0 Å². The molecule has 0 amide bonds. The third kappa shape index (κ3) is 2.05. The minimum atomic E-state index is -1.08. The second kappa shape index (κ2) is 4.15. The van der Waals surface area contributed by atoms with Crippen molar-refractivity contribution in [3.05, 3.63) is 33.6 Å². The number of rotatable bonds is 3. The molecule has 1 aromatic rings. The van der Waals surface area contributed by atoms with Gasteiger partial charge in [-0.2, -0.15) is 0 Å². The van der Waals surface area contributed by atoms with Crippen LogP contribution in [-0.2, 0) is 0 Å². The van der Waals surface area contributed by atoms with Crippen molar-refractivity contribution in [2.75, 3.05) is 0 Å². The average Bonchev–Trinajstić information content (AvgIpc) is 2.20. The highest BCUT2D eigenvalue weighted by molar-refractivity contribution is 5.82. The number of nitriles is 1. The molecule has 0 aliphatic carbocycles. The Balaban J connectivity index is 3.36. The van der Waals surface area contributed by atoms with Crippen molar-refractivity contribution in [2.45, 2.75) is 0 Å². The molecule has 0 unspecified atom stereocenters. The van der Waals surface area contributed by atoms with Crippen LogP contribution in [0.5, 0.6) is 5.75 Å². The number of benzene rings is 1. The summed E-state index contributed by atoms with van der Waals surface area (Å²) in [6.45, 7) is 0. The summed E-state index contributed by atoms with van der Waals surface area (Å²) in [5.41, 5.74) is -1.03. The molecular weight excluding hydrogens is 207 g/mol. The lowest BCUT2D eigenvalue weighted by Crippen LogP contribution is -1.97. The van der Waals surface area contributed by atoms with Gasteiger partial charge in [0, 0.05) is 6.07 Å². The van der Waals surface area contributed by atoms with Gasteiger partial charge in [0.05, 0.1) is 16.6 Å². The number of nitrogens with zero attached hydrogens (tertiary/aromatic N) is 2. The second-order valence-corrected chi connectivity index (χ2v) is 2.41. The molecule has 0 aliphatic heterocycles. The molecule has 0 radical (unpaired) electrons. The normalized spacial score (nSPS) is 9.07. The van der Waals surface area contributed by atoms with E-state index < -0.39 is 22.2 Å². The van der Waals surface area contributed by atoms with Crippen LogP contribution in [0.25, 0.3) is 0 Å². The number of carbonyl (C=O) groups excluding carboxylic acids is 1. The van der Waals surface area contributed by atoms with Gasteiger partial charge in [-0.25, -0.2) is 4.39 Å². The Kier molecular flexibility index (Phi) is 2.93. The van der Waals surface area contributed by atoms with Crippen molar-refractivity contribution in [2.24, 2.45) is 0 Å². The van der Waals surface area contributed by atoms with E-state index in [1.807, 2.05) is 0 Å². The molecule has 15 heavy (non-hydrogen) atoms. The molecule has 1 aromatic carbocycles. The van der Waals surface area contributed by atoms with Crippen LogP contribution in [0.15, 0.2) is 12.1 Å². The molecule has 0 saturated carbocycles. The maximum absolute atomic E-state index is 13.0. The zero-order valence-electron chi connectivity index (χ0n) is 7.14. The van der Waals surface area contributed by atoms with Gasteiger partial charge in [-0.15, -0.1) is 5.26 Å². The molecular formula is C8H3FN2O4. The molecule has 0 N–H and O–H groups in total. The summed E-state index contributed by atoms with van der Waals surface area (Å²) >= 11 is 0. The lowest BCUT2D eigenvalue weighted by atomic mass is 10.2. The van der Waals surface area contributed by atoms with Crippen LogP contribution in [-0.4, -0.2) is 11.2 Å². The predicted molar refractivity (Wildman–Crippen MR) is 44.7 cm³/mol. The minimum absolute atomic E-state index is 0.182. The van der Waals surface area contributed by atoms with Crippen LogP contribution in [0.4, 0.5) is 10.1 Å². The lowest BCUT2D eigenvalue weighted by Gasteiger charge is -2.00. The highest BCUT2D eigenvalue weighted by atomic mass is 19.1. The van der Waals surface area contributed by atoms with Gasteiger partial charge in [0.25, 0.3) is 11.9 Å². The Morgan fingerprint density at radius 3 is 2.73 bits per heavy atom. The van der Waals surface area contributed by atoms with E-state index in [-0.39, 0.29) is 11.8 Å². The fraction of sp³-hybridized carbons (Fsp3) is 0. The summed E-state index contributed by atoms with van der Waals surface area (Å²) in [4.78, 5) is 19.9. The topological polar surface area (TPSA) is 93.2 Å². The maximum Gasteiger partial charge on any atom is 0.292 e. The van der Waals surface area contributed by atoms with Crippen molar-refractivity contribution in [3.8, 4) is 12.0 Å². The van der Waals surface area contributed by atoms with Crippen LogP contribution < -0.4 is 4.74 Å². The van der Waals surface area contributed by atoms with E-state index in [4.69, 9.17) is 5.26 Å². The third-order valence-corrected chi connectivity index (χ3v) is 1.56. The number of carbonyl (C=O) groups is 1. The zero-order valence-corrected chi connectivity index (χ0v) is 7.14. The first-order valence-electron chi connectivity index (χ1n) is 3.59. The molecule has 1 rings (SSSR count). The van der Waals surface area contributed by atoms with Gasteiger partial charge < -0.3 is 4.74 Å². The Morgan fingerprint density at radius 2 is 2.27 bits per heavy atom. The zero-order chi connectivity index (χ0) is 11.4. The van der Waals surface area contributed by atoms with Crippen molar-refractivity contribution >= 4 is 12.0 Å². The summed E-state index contributed by atoms with van der Waals surface area (Å²) in [6, 6.07) is 1.32. The molecule has 0 saturated heterocycles. The number of ether oxygens (including phenoxy) is 1. The molecule has 0 heterocycles. The van der Waals surface area contributed by atoms with Crippen LogP contribution in [0.1, 0.15) is 10.4 Å². The standard InChI is InChI=1S/C8H3FN2O4/c9-6-2-7(11(13)14)5(3-12)1-8(6)15-4-10/h1-3H. The predicted octanol–water partition coefficient (Wildman–Crippen LogP) is 1.41. The molecule has 0 aromatic heterocycles. The molecule has 7 heteroatoms. The Labute approximate surface area is 82.6 Å². The summed E-state index contributed by atoms with van der Waals surface area (Å²) in [5, 5.41) is 18.5. The SMILES string of the molecule is N#COc1cc(C=O)c([N+](=O)[O-])cc1F. The monoisotopic (exact) mass is 210 g/mol. The first-order valence-corrected chi connectivity index (χ1v) is 3.59. The van der Waals surface area contributed by atoms with Crippen LogP contribution >= 0.6 is 0 Å². The van der Waals surface area contributed by atoms with E-state index in [0.29, 0.717) is 6.07 Å². The van der Waals surface area contributed by atoms with Gasteiger partial charge >= 0.3 is 0 Å². The van der Waals surface area contributed by atoms with Gasteiger partial charge in [-0.05, 0) is 0 Å². The smallest absolute Gasteiger partial charge is 0.292 e. The van der Waals surface area contributed by atoms with E-state index in [0.717, 1.165) is 6.07 Å². The molecule has 0 fully saturated rings. The summed E-state index contributed by atoms with van der Waals surface area (Å²) in [6.07, 6.45) is 1.38. The van der Waals surface area contributed by atoms with Crippen molar-refractivity contribution in [3.63, 3.8) is 0 Å². The number of hydrogen-bond donors (Lipinski definition) is 0. The van der Waals surface area contributed by atoms with E-state index in [1.54, 1.807) is 0 Å². The van der Waals surface area contributed by atoms with E-state index in [9.17, 15) is 19.3 Å². The fourth-order valence-electron chi connectivity index (χ4n) is 0.939. The minimum Gasteiger partial charge on any atom is -0.385 e. The van der Waals surface area contributed by atoms with Crippen LogP contribution in [0, 0.1) is 27.4 Å². The first kappa shape index (κ1) is 10.6. The number of nitro benzene ring substituents is 1. The Hall–Kier alpha value is -2.49. The fourth-order valence-corrected chi connectivity index (χ4v) is 0.939. The number of aldehydes is 1. The summed E-state index contributed by atoms with van der Waals surface area (Å²) in [7, 11) is 0. The highest BCUT2D eigenvalue weighted by Gasteiger charge is 2.18. The van der Waals surface area contributed by atoms with Crippen LogP contribution in [0.3, 0.4) is 0 Å². The second-order valence-electron chi connectivity index (χ2n) is 2.41. The summed E-state index contributed by atoms with van der Waals surface area (Å²) in [5.74, 6) is -1.60. The van der Waals surface area contributed by atoms with Crippen molar-refractivity contribution < 1.29 is 18.8 Å². The number of nitro groups is 1. The Morgan fingerprint density at radius 1 is 1.60 bits per heavy atom. The quantitative estimate of drug-likeness (QED) is 0.325. The molecule has 0 bridgehead atoms. The Bertz CT molecular complexity index is 466. The molecule has 0 atom stereocenters. The van der Waals surface area contributed by atoms with Gasteiger partial charge in [-0.1, -0.05) is 0 Å². The van der Waals surface area contributed by atoms with E-state index in [2.05, 4.69) is 4.74 Å². The average molecular weight is 210 g/mol.